The van der Waals surface area contributed by atoms with E-state index in [1.54, 1.807) is 25.7 Å². The molecule has 4 atom stereocenters. The number of nitrogens with zero attached hydrogens (tertiary/aromatic N) is 5. The second kappa shape index (κ2) is 9.89. The molecule has 15 heteroatoms. The van der Waals surface area contributed by atoms with E-state index in [9.17, 15) is 18.0 Å². The first-order valence-electron chi connectivity index (χ1n) is 12.5. The third kappa shape index (κ3) is 5.45. The highest BCUT2D eigenvalue weighted by Crippen LogP contribution is 2.52. The summed E-state index contributed by atoms with van der Waals surface area (Å²) < 4.78 is 82.6. The number of piperidine rings is 1. The van der Waals surface area contributed by atoms with Crippen molar-refractivity contribution < 1.29 is 36.2 Å². The van der Waals surface area contributed by atoms with Gasteiger partial charge in [0.05, 0.1) is 17.7 Å². The Balaban J connectivity index is 1.33. The fourth-order valence-electron chi connectivity index (χ4n) is 4.90. The average molecular weight is 589 g/mol. The summed E-state index contributed by atoms with van der Waals surface area (Å²) in [5.74, 6) is -2.42. The fraction of sp³-hybridized carbons (Fsp3) is 0.520. The molecule has 1 amide bonds. The van der Waals surface area contributed by atoms with Gasteiger partial charge in [-0.25, -0.2) is 13.6 Å². The highest BCUT2D eigenvalue weighted by Gasteiger charge is 2.57. The van der Waals surface area contributed by atoms with E-state index in [-0.39, 0.29) is 42.0 Å². The van der Waals surface area contributed by atoms with Crippen LogP contribution < -0.4 is 10.1 Å². The van der Waals surface area contributed by atoms with Gasteiger partial charge in [0.1, 0.15) is 46.3 Å². The lowest BCUT2D eigenvalue weighted by Crippen LogP contribution is -2.37. The molecule has 1 aliphatic heterocycles. The van der Waals surface area contributed by atoms with Crippen molar-refractivity contribution in [2.75, 3.05) is 25.0 Å². The number of anilines is 1. The molecule has 0 spiro atoms. The lowest BCUT2D eigenvalue weighted by atomic mass is 10.1. The fourth-order valence-corrected chi connectivity index (χ4v) is 5.15. The smallest absolute Gasteiger partial charge is 0.410 e. The zero-order chi connectivity index (χ0) is 29.1. The molecule has 2 fully saturated rings. The van der Waals surface area contributed by atoms with Gasteiger partial charge in [-0.3, -0.25) is 0 Å². The molecule has 3 heterocycles. The number of aromatic nitrogens is 4. The van der Waals surface area contributed by atoms with Gasteiger partial charge in [0.25, 0.3) is 5.78 Å². The molecule has 2 aliphatic rings. The van der Waals surface area contributed by atoms with E-state index >= 15 is 8.78 Å². The monoisotopic (exact) mass is 588 g/mol. The zero-order valence-corrected chi connectivity index (χ0v) is 22.6. The molecule has 1 saturated carbocycles. The first kappa shape index (κ1) is 28.1. The highest BCUT2D eigenvalue weighted by molar-refractivity contribution is 6.33. The van der Waals surface area contributed by atoms with Crippen LogP contribution in [-0.4, -0.2) is 68.1 Å². The van der Waals surface area contributed by atoms with Crippen molar-refractivity contribution in [3.63, 3.8) is 0 Å². The van der Waals surface area contributed by atoms with E-state index in [0.717, 1.165) is 29.9 Å². The summed E-state index contributed by atoms with van der Waals surface area (Å²) in [7, 11) is 0. The van der Waals surface area contributed by atoms with Crippen LogP contribution in [0.4, 0.5) is 32.6 Å². The third-order valence-electron chi connectivity index (χ3n) is 6.96. The van der Waals surface area contributed by atoms with Crippen LogP contribution in [0.3, 0.4) is 0 Å². The van der Waals surface area contributed by atoms with E-state index < -0.39 is 51.6 Å². The van der Waals surface area contributed by atoms with E-state index in [0.29, 0.717) is 13.1 Å². The summed E-state index contributed by atoms with van der Waals surface area (Å²) in [6, 6.07) is -0.250. The van der Waals surface area contributed by atoms with Gasteiger partial charge in [0.2, 0.25) is 0 Å². The molecule has 2 aromatic heterocycles. The maximum absolute atomic E-state index is 15.3. The Morgan fingerprint density at radius 2 is 1.77 bits per heavy atom. The topological polar surface area (TPSA) is 93.9 Å². The number of amides is 1. The van der Waals surface area contributed by atoms with E-state index in [1.165, 1.54) is 0 Å². The Kier molecular flexibility index (Phi) is 6.95. The molecule has 1 aromatic carbocycles. The van der Waals surface area contributed by atoms with Crippen molar-refractivity contribution in [2.24, 2.45) is 17.8 Å². The lowest BCUT2D eigenvalue weighted by Gasteiger charge is -2.26. The molecular formula is C25H26ClF5N6O3. The van der Waals surface area contributed by atoms with Gasteiger partial charge in [-0.1, -0.05) is 11.6 Å². The molecular weight excluding hydrogens is 563 g/mol. The summed E-state index contributed by atoms with van der Waals surface area (Å²) in [5.41, 5.74) is -1.74. The van der Waals surface area contributed by atoms with Crippen molar-refractivity contribution >= 4 is 29.3 Å². The van der Waals surface area contributed by atoms with Crippen molar-refractivity contribution in [1.82, 2.24) is 24.5 Å². The summed E-state index contributed by atoms with van der Waals surface area (Å²) in [4.78, 5) is 21.6. The minimum atomic E-state index is -4.68. The highest BCUT2D eigenvalue weighted by atomic mass is 35.5. The number of nitrogens with one attached hydrogen (secondary N) is 1. The number of hydrogen-bond donors (Lipinski definition) is 1. The van der Waals surface area contributed by atoms with Crippen molar-refractivity contribution in [1.29, 1.82) is 0 Å². The first-order valence-corrected chi connectivity index (χ1v) is 12.8. The predicted octanol–water partition coefficient (Wildman–Crippen LogP) is 5.58. The molecule has 1 unspecified atom stereocenters. The summed E-state index contributed by atoms with van der Waals surface area (Å²) in [6.07, 6.45) is -4.04. The number of rotatable bonds is 6. The van der Waals surface area contributed by atoms with Crippen LogP contribution in [0.1, 0.15) is 27.7 Å². The number of alkyl halides is 3. The average Bonchev–Trinajstić information content (AvgIpc) is 3.14. The van der Waals surface area contributed by atoms with Gasteiger partial charge >= 0.3 is 12.3 Å². The number of benzene rings is 1. The second-order valence-corrected chi connectivity index (χ2v) is 11.3. The largest absolute Gasteiger partial charge is 0.493 e. The number of halogens is 6. The van der Waals surface area contributed by atoms with E-state index in [2.05, 4.69) is 20.4 Å². The standard InChI is InChI=1S/C25H26ClF5N6O3/c1-11(25(29,30)31)34-21-19(20(26)35-22-32-10-33-37(21)22)18-16(27)5-12(6-17(18)28)39-9-15-13-7-36(8-14(13)15)23(38)40-24(2,3)4/h5-6,10-11,13-15,34H,7-9H2,1-4H3/t11-,13-,14+,15?/m0/s1. The van der Waals surface area contributed by atoms with Gasteiger partial charge in [0, 0.05) is 31.1 Å². The Morgan fingerprint density at radius 3 is 2.35 bits per heavy atom. The van der Waals surface area contributed by atoms with Gasteiger partial charge < -0.3 is 19.7 Å². The quantitative estimate of drug-likeness (QED) is 0.297. The van der Waals surface area contributed by atoms with Crippen molar-refractivity contribution in [2.45, 2.75) is 45.5 Å². The van der Waals surface area contributed by atoms with Crippen molar-refractivity contribution in [3.8, 4) is 16.9 Å². The van der Waals surface area contributed by atoms with E-state index in [1.807, 2.05) is 0 Å². The predicted molar refractivity (Wildman–Crippen MR) is 134 cm³/mol. The minimum Gasteiger partial charge on any atom is -0.493 e. The first-order chi connectivity index (χ1) is 18.6. The number of likely N-dealkylation sites (tertiary alicyclic amines) is 1. The normalized spacial score (nSPS) is 21.4. The van der Waals surface area contributed by atoms with Gasteiger partial charge in [-0.15, -0.1) is 0 Å². The molecule has 0 radical (unpaired) electrons. The Morgan fingerprint density at radius 1 is 1.15 bits per heavy atom. The molecule has 5 rings (SSSR count). The number of fused-ring (bicyclic) bond motifs is 2. The molecule has 1 aliphatic carbocycles. The zero-order valence-electron chi connectivity index (χ0n) is 21.9. The third-order valence-corrected chi connectivity index (χ3v) is 7.23. The SMILES string of the molecule is C[C@H](Nc1c(-c2c(F)cc(OCC3[C@H]4CN(C(=O)OC(C)(C)C)C[C@@H]34)cc2F)c(Cl)nc2ncnn12)C(F)(F)F. The maximum atomic E-state index is 15.3. The van der Waals surface area contributed by atoms with Crippen LogP contribution >= 0.6 is 11.6 Å². The molecule has 1 N–H and O–H groups in total. The van der Waals surface area contributed by atoms with Crippen LogP contribution in [0, 0.1) is 29.4 Å². The molecule has 9 nitrogen and oxygen atoms in total. The Labute approximate surface area is 230 Å². The van der Waals surface area contributed by atoms with Crippen LogP contribution in [0.2, 0.25) is 5.15 Å². The van der Waals surface area contributed by atoms with E-state index in [4.69, 9.17) is 21.1 Å². The lowest BCUT2D eigenvalue weighted by molar-refractivity contribution is -0.138. The Bertz CT molecular complexity index is 1420. The minimum absolute atomic E-state index is 0.100. The van der Waals surface area contributed by atoms with Crippen molar-refractivity contribution in [3.05, 3.63) is 35.2 Å². The molecule has 216 valence electrons. The van der Waals surface area contributed by atoms with Crippen LogP contribution in [0.25, 0.3) is 16.9 Å². The number of ether oxygens (including phenoxy) is 2. The molecule has 0 bridgehead atoms. The summed E-state index contributed by atoms with van der Waals surface area (Å²) in [5, 5.41) is 5.55. The van der Waals surface area contributed by atoms with Gasteiger partial charge in [-0.2, -0.15) is 32.8 Å². The summed E-state index contributed by atoms with van der Waals surface area (Å²) in [6.45, 7) is 7.41. The number of carbonyl (C=O) groups excluding carboxylic acids is 1. The molecule has 40 heavy (non-hydrogen) atoms. The molecule has 3 aromatic rings. The summed E-state index contributed by atoms with van der Waals surface area (Å²) >= 11 is 6.20. The second-order valence-electron chi connectivity index (χ2n) is 11.0. The Hall–Kier alpha value is -3.42. The van der Waals surface area contributed by atoms with Crippen LogP contribution in [0.5, 0.6) is 5.75 Å². The van der Waals surface area contributed by atoms with Crippen LogP contribution in [0.15, 0.2) is 18.5 Å². The number of hydrogen-bond acceptors (Lipinski definition) is 7. The number of carbonyl (C=O) groups is 1. The molecule has 1 saturated heterocycles. The van der Waals surface area contributed by atoms with Gasteiger partial charge in [0.15, 0.2) is 0 Å². The van der Waals surface area contributed by atoms with Gasteiger partial charge in [-0.05, 0) is 39.5 Å². The maximum Gasteiger partial charge on any atom is 0.410 e. The van der Waals surface area contributed by atoms with Crippen LogP contribution in [-0.2, 0) is 4.74 Å².